The number of nitrogens with zero attached hydrogens (tertiary/aromatic N) is 1. The van der Waals surface area contributed by atoms with Crippen LogP contribution >= 0.6 is 23.4 Å². The van der Waals surface area contributed by atoms with E-state index < -0.39 is 10.8 Å². The van der Waals surface area contributed by atoms with Crippen molar-refractivity contribution < 1.29 is 14.5 Å². The third-order valence-corrected chi connectivity index (χ3v) is 4.78. The van der Waals surface area contributed by atoms with Crippen LogP contribution in [0, 0.1) is 10.1 Å². The summed E-state index contributed by atoms with van der Waals surface area (Å²) >= 11 is 7.15. The number of hydrogen-bond donors (Lipinski definition) is 2. The van der Waals surface area contributed by atoms with Crippen LogP contribution in [0.25, 0.3) is 0 Å². The van der Waals surface area contributed by atoms with Crippen molar-refractivity contribution >= 4 is 40.9 Å². The molecule has 0 unspecified atom stereocenters. The van der Waals surface area contributed by atoms with Gasteiger partial charge in [0.15, 0.2) is 0 Å². The normalized spacial score (nSPS) is 10.3. The van der Waals surface area contributed by atoms with Crippen molar-refractivity contribution in [2.75, 3.05) is 13.1 Å². The number of halogens is 1. The lowest BCUT2D eigenvalue weighted by atomic mass is 10.2. The van der Waals surface area contributed by atoms with Gasteiger partial charge in [0.05, 0.1) is 17.0 Å². The van der Waals surface area contributed by atoms with E-state index in [-0.39, 0.29) is 23.7 Å². The highest BCUT2D eigenvalue weighted by Crippen LogP contribution is 2.33. The van der Waals surface area contributed by atoms with Crippen molar-refractivity contribution in [1.29, 1.82) is 0 Å². The van der Waals surface area contributed by atoms with Crippen molar-refractivity contribution in [2.45, 2.75) is 23.1 Å². The van der Waals surface area contributed by atoms with Gasteiger partial charge in [0.1, 0.15) is 0 Å². The lowest BCUT2D eigenvalue weighted by Gasteiger charge is -2.10. The van der Waals surface area contributed by atoms with Gasteiger partial charge in [-0.1, -0.05) is 30.3 Å². The number of nitrogens with one attached hydrogen (secondary N) is 2. The van der Waals surface area contributed by atoms with Gasteiger partial charge in [0.2, 0.25) is 5.91 Å². The Morgan fingerprint density at radius 1 is 1.15 bits per heavy atom. The van der Waals surface area contributed by atoms with E-state index in [0.29, 0.717) is 16.5 Å². The predicted octanol–water partition coefficient (Wildman–Crippen LogP) is 3.66. The van der Waals surface area contributed by atoms with Gasteiger partial charge in [0, 0.05) is 33.5 Å². The fourth-order valence-electron chi connectivity index (χ4n) is 2.11. The molecular weight excluding hydrogens is 390 g/mol. The van der Waals surface area contributed by atoms with Gasteiger partial charge >= 0.3 is 0 Å². The van der Waals surface area contributed by atoms with E-state index in [2.05, 4.69) is 10.6 Å². The van der Waals surface area contributed by atoms with Gasteiger partial charge in [-0.2, -0.15) is 0 Å². The van der Waals surface area contributed by atoms with Crippen LogP contribution in [-0.4, -0.2) is 29.8 Å². The number of nitro groups is 1. The summed E-state index contributed by atoms with van der Waals surface area (Å²) in [5, 5.41) is 16.8. The molecule has 2 amide bonds. The molecule has 2 N–H and O–H groups in total. The summed E-state index contributed by atoms with van der Waals surface area (Å²) in [6.07, 6.45) is 0.784. The SMILES string of the molecule is CCCNC(=O)CNC(=O)c1cc([N+](=O)[O-])ccc1Sc1ccc(Cl)cc1. The van der Waals surface area contributed by atoms with E-state index in [9.17, 15) is 19.7 Å². The molecule has 9 heteroatoms. The number of carbonyl (C=O) groups excluding carboxylic acids is 2. The van der Waals surface area contributed by atoms with Crippen LogP contribution < -0.4 is 10.6 Å². The Hall–Kier alpha value is -2.58. The summed E-state index contributed by atoms with van der Waals surface area (Å²) in [5.41, 5.74) is -0.0662. The van der Waals surface area contributed by atoms with Crippen molar-refractivity contribution in [3.63, 3.8) is 0 Å². The molecule has 0 fully saturated rings. The van der Waals surface area contributed by atoms with Crippen LogP contribution in [0.2, 0.25) is 5.02 Å². The van der Waals surface area contributed by atoms with E-state index in [0.717, 1.165) is 11.3 Å². The number of amides is 2. The lowest BCUT2D eigenvalue weighted by Crippen LogP contribution is -2.37. The van der Waals surface area contributed by atoms with Crippen molar-refractivity contribution in [3.05, 3.63) is 63.2 Å². The number of carbonyl (C=O) groups is 2. The zero-order chi connectivity index (χ0) is 19.8. The Balaban J connectivity index is 2.21. The summed E-state index contributed by atoms with van der Waals surface area (Å²) < 4.78 is 0. The van der Waals surface area contributed by atoms with Crippen molar-refractivity contribution in [2.24, 2.45) is 0 Å². The molecule has 0 aliphatic heterocycles. The van der Waals surface area contributed by atoms with Gasteiger partial charge < -0.3 is 10.6 Å². The van der Waals surface area contributed by atoms with Crippen molar-refractivity contribution in [3.8, 4) is 0 Å². The summed E-state index contributed by atoms with van der Waals surface area (Å²) in [4.78, 5) is 36.0. The van der Waals surface area contributed by atoms with Gasteiger partial charge in [-0.05, 0) is 36.8 Å². The Bertz CT molecular complexity index is 843. The van der Waals surface area contributed by atoms with Gasteiger partial charge in [0.25, 0.3) is 11.6 Å². The van der Waals surface area contributed by atoms with Crippen LogP contribution in [0.1, 0.15) is 23.7 Å². The minimum Gasteiger partial charge on any atom is -0.355 e. The highest BCUT2D eigenvalue weighted by molar-refractivity contribution is 7.99. The van der Waals surface area contributed by atoms with Crippen LogP contribution in [0.5, 0.6) is 0 Å². The number of non-ortho nitro benzene ring substituents is 1. The summed E-state index contributed by atoms with van der Waals surface area (Å²) in [6.45, 7) is 2.23. The van der Waals surface area contributed by atoms with Gasteiger partial charge in [-0.15, -0.1) is 0 Å². The molecule has 0 aliphatic carbocycles. The summed E-state index contributed by atoms with van der Waals surface area (Å²) in [6, 6.07) is 11.1. The first-order valence-corrected chi connectivity index (χ1v) is 9.37. The molecule has 0 radical (unpaired) electrons. The fourth-order valence-corrected chi connectivity index (χ4v) is 3.16. The molecule has 27 heavy (non-hydrogen) atoms. The molecule has 0 spiro atoms. The van der Waals surface area contributed by atoms with Crippen molar-refractivity contribution in [1.82, 2.24) is 10.6 Å². The van der Waals surface area contributed by atoms with Crippen LogP contribution in [0.3, 0.4) is 0 Å². The van der Waals surface area contributed by atoms with Crippen LogP contribution in [0.4, 0.5) is 5.69 Å². The number of rotatable bonds is 8. The molecule has 0 atom stereocenters. The first-order chi connectivity index (χ1) is 12.9. The molecule has 0 saturated heterocycles. The third-order valence-electron chi connectivity index (χ3n) is 3.44. The van der Waals surface area contributed by atoms with E-state index in [1.807, 2.05) is 6.92 Å². The molecule has 0 saturated carbocycles. The standard InChI is InChI=1S/C18H18ClN3O4S/c1-2-9-20-17(23)11-21-18(24)15-10-13(22(25)26)5-8-16(15)27-14-6-3-12(19)4-7-14/h3-8,10H,2,9,11H2,1H3,(H,20,23)(H,21,24). The zero-order valence-corrected chi connectivity index (χ0v) is 16.1. The molecule has 2 aromatic carbocycles. The summed E-state index contributed by atoms with van der Waals surface area (Å²) in [7, 11) is 0. The summed E-state index contributed by atoms with van der Waals surface area (Å²) in [5.74, 6) is -0.871. The largest absolute Gasteiger partial charge is 0.355 e. The quantitative estimate of drug-likeness (QED) is 0.513. The average Bonchev–Trinajstić information content (AvgIpc) is 2.66. The highest BCUT2D eigenvalue weighted by Gasteiger charge is 2.18. The van der Waals surface area contributed by atoms with E-state index in [1.54, 1.807) is 24.3 Å². The average molecular weight is 408 g/mol. The molecule has 0 aliphatic rings. The Morgan fingerprint density at radius 3 is 2.48 bits per heavy atom. The topological polar surface area (TPSA) is 101 Å². The molecule has 2 aromatic rings. The highest BCUT2D eigenvalue weighted by atomic mass is 35.5. The first-order valence-electron chi connectivity index (χ1n) is 8.17. The maximum Gasteiger partial charge on any atom is 0.270 e. The first kappa shape index (κ1) is 20.7. The number of hydrogen-bond acceptors (Lipinski definition) is 5. The van der Waals surface area contributed by atoms with E-state index in [4.69, 9.17) is 11.6 Å². The van der Waals surface area contributed by atoms with Gasteiger partial charge in [-0.3, -0.25) is 19.7 Å². The third kappa shape index (κ3) is 6.26. The van der Waals surface area contributed by atoms with Crippen LogP contribution in [-0.2, 0) is 4.79 Å². The number of nitro benzene ring substituents is 1. The molecule has 2 rings (SSSR count). The van der Waals surface area contributed by atoms with E-state index in [1.165, 1.54) is 30.0 Å². The minimum absolute atomic E-state index is 0.132. The second-order valence-corrected chi connectivity index (χ2v) is 7.08. The fraction of sp³-hybridized carbons (Fsp3) is 0.222. The molecular formula is C18H18ClN3O4S. The lowest BCUT2D eigenvalue weighted by molar-refractivity contribution is -0.384. The molecule has 0 heterocycles. The Morgan fingerprint density at radius 2 is 1.85 bits per heavy atom. The maximum absolute atomic E-state index is 12.5. The van der Waals surface area contributed by atoms with E-state index >= 15 is 0 Å². The minimum atomic E-state index is -0.568. The molecule has 7 nitrogen and oxygen atoms in total. The van der Waals surface area contributed by atoms with Gasteiger partial charge in [-0.25, -0.2) is 0 Å². The number of benzene rings is 2. The molecule has 142 valence electrons. The predicted molar refractivity (Wildman–Crippen MR) is 104 cm³/mol. The Labute approximate surface area is 165 Å². The Kier molecular flexibility index (Phi) is 7.63. The van der Waals surface area contributed by atoms with Crippen LogP contribution in [0.15, 0.2) is 52.3 Å². The smallest absolute Gasteiger partial charge is 0.270 e. The molecule has 0 aromatic heterocycles. The molecule has 0 bridgehead atoms. The zero-order valence-electron chi connectivity index (χ0n) is 14.5. The second-order valence-electron chi connectivity index (χ2n) is 5.53. The monoisotopic (exact) mass is 407 g/mol. The second kappa shape index (κ2) is 9.94. The maximum atomic E-state index is 12.5.